The summed E-state index contributed by atoms with van der Waals surface area (Å²) in [7, 11) is 1.58. The molecule has 5 nitrogen and oxygen atoms in total. The number of nitrogens with zero attached hydrogens (tertiary/aromatic N) is 2. The molecular formula is C23H20FN3O2S. The SMILES string of the molecule is COc1ccc(N2C(=N)S/C(=C\c3cc(C)n(-c4ccc(F)cc4)c3C)C2=O)cc1. The van der Waals surface area contributed by atoms with Gasteiger partial charge in [-0.3, -0.25) is 15.1 Å². The number of amides is 1. The molecule has 7 heteroatoms. The number of aryl methyl sites for hydroxylation is 1. The number of carbonyl (C=O) groups is 1. The van der Waals surface area contributed by atoms with Gasteiger partial charge in [-0.25, -0.2) is 4.39 Å². The van der Waals surface area contributed by atoms with Gasteiger partial charge in [0, 0.05) is 17.1 Å². The Kier molecular flexibility index (Phi) is 5.22. The summed E-state index contributed by atoms with van der Waals surface area (Å²) < 4.78 is 20.5. The molecule has 0 unspecified atom stereocenters. The Balaban J connectivity index is 1.67. The van der Waals surface area contributed by atoms with Crippen LogP contribution in [0.25, 0.3) is 11.8 Å². The molecule has 0 atom stereocenters. The first kappa shape index (κ1) is 20.0. The molecular weight excluding hydrogens is 401 g/mol. The zero-order valence-corrected chi connectivity index (χ0v) is 17.6. The third-order valence-corrected chi connectivity index (χ3v) is 5.88. The molecule has 1 aliphatic heterocycles. The molecule has 0 aliphatic carbocycles. The highest BCUT2D eigenvalue weighted by atomic mass is 32.2. The van der Waals surface area contributed by atoms with Crippen LogP contribution in [0, 0.1) is 25.1 Å². The number of hydrogen-bond donors (Lipinski definition) is 1. The average molecular weight is 421 g/mol. The van der Waals surface area contributed by atoms with Crippen LogP contribution < -0.4 is 9.64 Å². The Morgan fingerprint density at radius 2 is 1.67 bits per heavy atom. The number of thioether (sulfide) groups is 1. The monoisotopic (exact) mass is 421 g/mol. The quantitative estimate of drug-likeness (QED) is 0.582. The van der Waals surface area contributed by atoms with Gasteiger partial charge in [0.2, 0.25) is 0 Å². The van der Waals surface area contributed by atoms with Crippen molar-refractivity contribution in [2.45, 2.75) is 13.8 Å². The molecule has 1 aromatic heterocycles. The first-order valence-electron chi connectivity index (χ1n) is 9.30. The van der Waals surface area contributed by atoms with Crippen LogP contribution in [0.2, 0.25) is 0 Å². The van der Waals surface area contributed by atoms with Crippen LogP contribution in [0.5, 0.6) is 5.75 Å². The third-order valence-electron chi connectivity index (χ3n) is 5.00. The van der Waals surface area contributed by atoms with Crippen molar-refractivity contribution in [2.75, 3.05) is 12.0 Å². The largest absolute Gasteiger partial charge is 0.497 e. The summed E-state index contributed by atoms with van der Waals surface area (Å²) in [5.74, 6) is 0.170. The standard InChI is InChI=1S/C23H20FN3O2S/c1-14-12-16(15(2)26(14)18-6-4-17(24)5-7-18)13-21-22(28)27(23(25)30-21)19-8-10-20(29-3)11-9-19/h4-13,25H,1-3H3/b21-13-,25-23?. The highest BCUT2D eigenvalue weighted by molar-refractivity contribution is 8.19. The number of aromatic nitrogens is 1. The molecule has 1 amide bonds. The lowest BCUT2D eigenvalue weighted by Gasteiger charge is -2.14. The number of methoxy groups -OCH3 is 1. The van der Waals surface area contributed by atoms with E-state index in [2.05, 4.69) is 0 Å². The van der Waals surface area contributed by atoms with E-state index in [9.17, 15) is 9.18 Å². The lowest BCUT2D eigenvalue weighted by Crippen LogP contribution is -2.27. The van der Waals surface area contributed by atoms with Crippen molar-refractivity contribution >= 4 is 34.6 Å². The van der Waals surface area contributed by atoms with Crippen LogP contribution in [0.1, 0.15) is 17.0 Å². The molecule has 2 aromatic carbocycles. The van der Waals surface area contributed by atoms with Gasteiger partial charge in [-0.1, -0.05) is 0 Å². The van der Waals surface area contributed by atoms with Crippen molar-refractivity contribution in [3.63, 3.8) is 0 Å². The van der Waals surface area contributed by atoms with Crippen LogP contribution >= 0.6 is 11.8 Å². The van der Waals surface area contributed by atoms with Crippen LogP contribution in [0.4, 0.5) is 10.1 Å². The fourth-order valence-corrected chi connectivity index (χ4v) is 4.37. The maximum atomic E-state index is 13.3. The molecule has 0 spiro atoms. The molecule has 1 saturated heterocycles. The number of anilines is 1. The summed E-state index contributed by atoms with van der Waals surface area (Å²) in [6.45, 7) is 3.92. The van der Waals surface area contributed by atoms with Crippen molar-refractivity contribution in [2.24, 2.45) is 0 Å². The number of nitrogens with one attached hydrogen (secondary N) is 1. The Hall–Kier alpha value is -3.32. The van der Waals surface area contributed by atoms with E-state index in [1.807, 2.05) is 30.6 Å². The number of halogens is 1. The Bertz CT molecular complexity index is 1160. The summed E-state index contributed by atoms with van der Waals surface area (Å²) in [5, 5.41) is 8.44. The van der Waals surface area contributed by atoms with Crippen molar-refractivity contribution in [1.29, 1.82) is 5.41 Å². The first-order chi connectivity index (χ1) is 14.4. The molecule has 4 rings (SSSR count). The van der Waals surface area contributed by atoms with Crippen LogP contribution in [-0.4, -0.2) is 22.8 Å². The predicted octanol–water partition coefficient (Wildman–Crippen LogP) is 5.30. The van der Waals surface area contributed by atoms with Crippen molar-refractivity contribution in [3.8, 4) is 11.4 Å². The second kappa shape index (κ2) is 7.84. The minimum Gasteiger partial charge on any atom is -0.497 e. The number of amidine groups is 1. The van der Waals surface area contributed by atoms with Gasteiger partial charge in [0.05, 0.1) is 17.7 Å². The molecule has 152 valence electrons. The topological polar surface area (TPSA) is 58.3 Å². The molecule has 1 fully saturated rings. The maximum Gasteiger partial charge on any atom is 0.271 e. The van der Waals surface area contributed by atoms with Gasteiger partial charge < -0.3 is 9.30 Å². The lowest BCUT2D eigenvalue weighted by molar-refractivity contribution is -0.113. The smallest absolute Gasteiger partial charge is 0.271 e. The summed E-state index contributed by atoms with van der Waals surface area (Å²) in [5.41, 5.74) is 4.28. The zero-order valence-electron chi connectivity index (χ0n) is 16.8. The lowest BCUT2D eigenvalue weighted by atomic mass is 10.2. The Labute approximate surface area is 178 Å². The fraction of sp³-hybridized carbons (Fsp3) is 0.130. The molecule has 1 N–H and O–H groups in total. The predicted molar refractivity (Wildman–Crippen MR) is 119 cm³/mol. The third kappa shape index (κ3) is 3.52. The average Bonchev–Trinajstić information content (AvgIpc) is 3.17. The minimum atomic E-state index is -0.284. The van der Waals surface area contributed by atoms with Crippen molar-refractivity contribution in [3.05, 3.63) is 82.3 Å². The van der Waals surface area contributed by atoms with E-state index in [-0.39, 0.29) is 16.9 Å². The summed E-state index contributed by atoms with van der Waals surface area (Å²) >= 11 is 1.13. The summed E-state index contributed by atoms with van der Waals surface area (Å²) in [6, 6.07) is 15.3. The van der Waals surface area contributed by atoms with E-state index in [1.54, 1.807) is 43.5 Å². The Morgan fingerprint density at radius 3 is 2.30 bits per heavy atom. The zero-order chi connectivity index (χ0) is 21.4. The van der Waals surface area contributed by atoms with Gasteiger partial charge >= 0.3 is 0 Å². The van der Waals surface area contributed by atoms with Gasteiger partial charge in [0.1, 0.15) is 11.6 Å². The van der Waals surface area contributed by atoms with Crippen molar-refractivity contribution in [1.82, 2.24) is 4.57 Å². The van der Waals surface area contributed by atoms with Crippen LogP contribution in [0.3, 0.4) is 0 Å². The number of ether oxygens (including phenoxy) is 1. The second-order valence-electron chi connectivity index (χ2n) is 6.89. The van der Waals surface area contributed by atoms with E-state index < -0.39 is 0 Å². The summed E-state index contributed by atoms with van der Waals surface area (Å²) in [6.07, 6.45) is 1.81. The van der Waals surface area contributed by atoms with E-state index in [4.69, 9.17) is 10.1 Å². The van der Waals surface area contributed by atoms with Gasteiger partial charge in [0.15, 0.2) is 5.17 Å². The van der Waals surface area contributed by atoms with Crippen LogP contribution in [-0.2, 0) is 4.79 Å². The highest BCUT2D eigenvalue weighted by Crippen LogP contribution is 2.36. The van der Waals surface area contributed by atoms with E-state index >= 15 is 0 Å². The van der Waals surface area contributed by atoms with E-state index in [0.29, 0.717) is 16.3 Å². The number of benzene rings is 2. The second-order valence-corrected chi connectivity index (χ2v) is 7.92. The van der Waals surface area contributed by atoms with Gasteiger partial charge in [0.25, 0.3) is 5.91 Å². The first-order valence-corrected chi connectivity index (χ1v) is 10.1. The maximum absolute atomic E-state index is 13.3. The molecule has 30 heavy (non-hydrogen) atoms. The highest BCUT2D eigenvalue weighted by Gasteiger charge is 2.33. The van der Waals surface area contributed by atoms with Gasteiger partial charge in [-0.05, 0) is 91.8 Å². The number of hydrogen-bond acceptors (Lipinski definition) is 4. The molecule has 0 radical (unpaired) electrons. The number of rotatable bonds is 4. The molecule has 0 saturated carbocycles. The van der Waals surface area contributed by atoms with Crippen molar-refractivity contribution < 1.29 is 13.9 Å². The Morgan fingerprint density at radius 1 is 1.03 bits per heavy atom. The van der Waals surface area contributed by atoms with E-state index in [0.717, 1.165) is 34.4 Å². The fourth-order valence-electron chi connectivity index (χ4n) is 3.52. The molecule has 3 aromatic rings. The van der Waals surface area contributed by atoms with Gasteiger partial charge in [-0.15, -0.1) is 0 Å². The van der Waals surface area contributed by atoms with Gasteiger partial charge in [-0.2, -0.15) is 0 Å². The molecule has 0 bridgehead atoms. The summed E-state index contributed by atoms with van der Waals surface area (Å²) in [4.78, 5) is 14.9. The minimum absolute atomic E-state index is 0.156. The normalized spacial score (nSPS) is 15.3. The molecule has 1 aliphatic rings. The van der Waals surface area contributed by atoms with Crippen LogP contribution in [0.15, 0.2) is 59.5 Å². The number of carbonyl (C=O) groups excluding carboxylic acids is 1. The van der Waals surface area contributed by atoms with E-state index in [1.165, 1.54) is 17.0 Å². The molecule has 2 heterocycles.